The molecule has 0 atom stereocenters. The maximum atomic E-state index is 11.5. The molecule has 0 aromatic heterocycles. The number of hydrogen-bond donors (Lipinski definition) is 1. The first-order valence-electron chi connectivity index (χ1n) is 6.73. The number of rotatable bonds is 7. The lowest BCUT2D eigenvalue weighted by atomic mass is 9.99. The topological polar surface area (TPSA) is 46.5 Å². The SMILES string of the molecule is CCCCOC(=O)/C=C/c1c(C)cccc1CCO. The van der Waals surface area contributed by atoms with E-state index in [4.69, 9.17) is 9.84 Å². The van der Waals surface area contributed by atoms with Crippen molar-refractivity contribution >= 4 is 12.0 Å². The maximum Gasteiger partial charge on any atom is 0.330 e. The highest BCUT2D eigenvalue weighted by Crippen LogP contribution is 2.16. The summed E-state index contributed by atoms with van der Waals surface area (Å²) >= 11 is 0. The minimum absolute atomic E-state index is 0.102. The van der Waals surface area contributed by atoms with Gasteiger partial charge < -0.3 is 9.84 Å². The Kier molecular flexibility index (Phi) is 6.90. The van der Waals surface area contributed by atoms with Gasteiger partial charge in [-0.3, -0.25) is 0 Å². The fourth-order valence-electron chi connectivity index (χ4n) is 1.83. The highest BCUT2D eigenvalue weighted by molar-refractivity contribution is 5.87. The number of aliphatic hydroxyl groups is 1. The summed E-state index contributed by atoms with van der Waals surface area (Å²) in [7, 11) is 0. The number of hydrogen-bond acceptors (Lipinski definition) is 3. The van der Waals surface area contributed by atoms with Gasteiger partial charge in [-0.05, 0) is 42.5 Å². The van der Waals surface area contributed by atoms with Crippen LogP contribution in [0.1, 0.15) is 36.5 Å². The van der Waals surface area contributed by atoms with E-state index < -0.39 is 0 Å². The number of carbonyl (C=O) groups is 1. The number of unbranched alkanes of at least 4 members (excludes halogenated alkanes) is 1. The van der Waals surface area contributed by atoms with E-state index in [1.54, 1.807) is 6.08 Å². The van der Waals surface area contributed by atoms with Crippen molar-refractivity contribution in [3.05, 3.63) is 41.0 Å². The Bertz CT molecular complexity index is 436. The van der Waals surface area contributed by atoms with Crippen LogP contribution in [0, 0.1) is 6.92 Å². The number of ether oxygens (including phenoxy) is 1. The molecule has 0 heterocycles. The standard InChI is InChI=1S/C16H22O3/c1-3-4-12-19-16(18)9-8-15-13(2)6-5-7-14(15)10-11-17/h5-9,17H,3-4,10-12H2,1-2H3/b9-8+. The summed E-state index contributed by atoms with van der Waals surface area (Å²) in [6, 6.07) is 5.91. The number of carbonyl (C=O) groups excluding carboxylic acids is 1. The Morgan fingerprint density at radius 2 is 2.21 bits per heavy atom. The number of aryl methyl sites for hydroxylation is 1. The van der Waals surface area contributed by atoms with Crippen LogP contribution in [0.15, 0.2) is 24.3 Å². The molecule has 104 valence electrons. The van der Waals surface area contributed by atoms with Crippen molar-refractivity contribution in [1.82, 2.24) is 0 Å². The average Bonchev–Trinajstić information content (AvgIpc) is 2.39. The number of esters is 1. The summed E-state index contributed by atoms with van der Waals surface area (Å²) in [5.41, 5.74) is 3.12. The average molecular weight is 262 g/mol. The van der Waals surface area contributed by atoms with E-state index >= 15 is 0 Å². The zero-order valence-electron chi connectivity index (χ0n) is 11.7. The molecule has 0 spiro atoms. The summed E-state index contributed by atoms with van der Waals surface area (Å²) in [5.74, 6) is -0.313. The monoisotopic (exact) mass is 262 g/mol. The number of aliphatic hydroxyl groups excluding tert-OH is 1. The molecule has 1 rings (SSSR count). The van der Waals surface area contributed by atoms with Crippen LogP contribution in [0.3, 0.4) is 0 Å². The second-order valence-corrected chi connectivity index (χ2v) is 4.48. The molecule has 1 N–H and O–H groups in total. The second kappa shape index (κ2) is 8.48. The zero-order chi connectivity index (χ0) is 14.1. The lowest BCUT2D eigenvalue weighted by molar-refractivity contribution is -0.137. The molecule has 0 saturated carbocycles. The van der Waals surface area contributed by atoms with Crippen molar-refractivity contribution in [3.8, 4) is 0 Å². The van der Waals surface area contributed by atoms with Gasteiger partial charge in [0.05, 0.1) is 6.61 Å². The Balaban J connectivity index is 2.72. The van der Waals surface area contributed by atoms with Gasteiger partial charge in [0.15, 0.2) is 0 Å². The molecule has 0 aliphatic rings. The molecule has 0 fully saturated rings. The first-order chi connectivity index (χ1) is 9.19. The number of benzene rings is 1. The largest absolute Gasteiger partial charge is 0.463 e. The van der Waals surface area contributed by atoms with Crippen LogP contribution < -0.4 is 0 Å². The Morgan fingerprint density at radius 3 is 2.89 bits per heavy atom. The van der Waals surface area contributed by atoms with Crippen LogP contribution in [-0.2, 0) is 16.0 Å². The third kappa shape index (κ3) is 5.26. The van der Waals surface area contributed by atoms with E-state index in [2.05, 4.69) is 6.92 Å². The van der Waals surface area contributed by atoms with Gasteiger partial charge in [0.1, 0.15) is 0 Å². The Hall–Kier alpha value is -1.61. The van der Waals surface area contributed by atoms with Crippen LogP contribution in [-0.4, -0.2) is 24.3 Å². The van der Waals surface area contributed by atoms with Gasteiger partial charge in [0.2, 0.25) is 0 Å². The molecule has 0 aliphatic carbocycles. The summed E-state index contributed by atoms with van der Waals surface area (Å²) in [4.78, 5) is 11.5. The van der Waals surface area contributed by atoms with E-state index in [-0.39, 0.29) is 12.6 Å². The van der Waals surface area contributed by atoms with E-state index in [1.807, 2.05) is 25.1 Å². The molecule has 0 unspecified atom stereocenters. The second-order valence-electron chi connectivity index (χ2n) is 4.48. The first-order valence-corrected chi connectivity index (χ1v) is 6.73. The van der Waals surface area contributed by atoms with Crippen molar-refractivity contribution < 1.29 is 14.6 Å². The minimum Gasteiger partial charge on any atom is -0.463 e. The molecule has 19 heavy (non-hydrogen) atoms. The molecule has 3 nitrogen and oxygen atoms in total. The zero-order valence-corrected chi connectivity index (χ0v) is 11.7. The van der Waals surface area contributed by atoms with Gasteiger partial charge in [-0.25, -0.2) is 4.79 Å². The molecule has 0 amide bonds. The molecule has 1 aromatic carbocycles. The normalized spacial score (nSPS) is 10.9. The fourth-order valence-corrected chi connectivity index (χ4v) is 1.83. The van der Waals surface area contributed by atoms with Crippen LogP contribution in [0.2, 0.25) is 0 Å². The van der Waals surface area contributed by atoms with Crippen molar-refractivity contribution in [2.75, 3.05) is 13.2 Å². The van der Waals surface area contributed by atoms with E-state index in [0.717, 1.165) is 29.5 Å². The highest BCUT2D eigenvalue weighted by atomic mass is 16.5. The molecular weight excluding hydrogens is 240 g/mol. The smallest absolute Gasteiger partial charge is 0.330 e. The predicted octanol–water partition coefficient (Wildman–Crippen LogP) is 2.89. The van der Waals surface area contributed by atoms with E-state index in [1.165, 1.54) is 6.08 Å². The van der Waals surface area contributed by atoms with Gasteiger partial charge in [-0.2, -0.15) is 0 Å². The van der Waals surface area contributed by atoms with Crippen LogP contribution >= 0.6 is 0 Å². The van der Waals surface area contributed by atoms with Gasteiger partial charge in [0.25, 0.3) is 0 Å². The third-order valence-corrected chi connectivity index (χ3v) is 2.92. The van der Waals surface area contributed by atoms with Gasteiger partial charge in [0, 0.05) is 12.7 Å². The lowest BCUT2D eigenvalue weighted by Gasteiger charge is -2.07. The minimum atomic E-state index is -0.313. The molecule has 0 bridgehead atoms. The fraction of sp³-hybridized carbons (Fsp3) is 0.438. The third-order valence-electron chi connectivity index (χ3n) is 2.92. The molecule has 0 saturated heterocycles. The van der Waals surface area contributed by atoms with Gasteiger partial charge in [-0.15, -0.1) is 0 Å². The lowest BCUT2D eigenvalue weighted by Crippen LogP contribution is -2.02. The quantitative estimate of drug-likeness (QED) is 0.467. The first kappa shape index (κ1) is 15.4. The van der Waals surface area contributed by atoms with Crippen LogP contribution in [0.25, 0.3) is 6.08 Å². The van der Waals surface area contributed by atoms with Crippen molar-refractivity contribution in [2.24, 2.45) is 0 Å². The predicted molar refractivity (Wildman–Crippen MR) is 76.9 cm³/mol. The Morgan fingerprint density at radius 1 is 1.42 bits per heavy atom. The van der Waals surface area contributed by atoms with Crippen molar-refractivity contribution in [1.29, 1.82) is 0 Å². The van der Waals surface area contributed by atoms with Gasteiger partial charge >= 0.3 is 5.97 Å². The molecule has 3 heteroatoms. The summed E-state index contributed by atoms with van der Waals surface area (Å²) < 4.78 is 5.07. The maximum absolute atomic E-state index is 11.5. The van der Waals surface area contributed by atoms with E-state index in [9.17, 15) is 4.79 Å². The van der Waals surface area contributed by atoms with Crippen molar-refractivity contribution in [2.45, 2.75) is 33.1 Å². The molecular formula is C16H22O3. The van der Waals surface area contributed by atoms with Crippen molar-refractivity contribution in [3.63, 3.8) is 0 Å². The van der Waals surface area contributed by atoms with Gasteiger partial charge in [-0.1, -0.05) is 31.5 Å². The van der Waals surface area contributed by atoms with Crippen LogP contribution in [0.5, 0.6) is 0 Å². The van der Waals surface area contributed by atoms with E-state index in [0.29, 0.717) is 13.0 Å². The molecule has 0 aliphatic heterocycles. The summed E-state index contributed by atoms with van der Waals surface area (Å²) in [6.07, 6.45) is 5.72. The molecule has 0 radical (unpaired) electrons. The Labute approximate surface area is 114 Å². The molecule has 1 aromatic rings. The highest BCUT2D eigenvalue weighted by Gasteiger charge is 2.03. The summed E-state index contributed by atoms with van der Waals surface area (Å²) in [6.45, 7) is 4.61. The van der Waals surface area contributed by atoms with Crippen LogP contribution in [0.4, 0.5) is 0 Å². The summed E-state index contributed by atoms with van der Waals surface area (Å²) in [5, 5.41) is 9.04.